The number of hydrogen-bond acceptors (Lipinski definition) is 0. The first-order chi connectivity index (χ1) is 15.8. The van der Waals surface area contributed by atoms with Crippen LogP contribution in [0.4, 0.5) is 0 Å². The van der Waals surface area contributed by atoms with E-state index in [1.165, 1.54) is 55.3 Å². The zero-order valence-corrected chi connectivity index (χ0v) is 18.0. The van der Waals surface area contributed by atoms with Gasteiger partial charge in [0.25, 0.3) is 0 Å². The van der Waals surface area contributed by atoms with Crippen LogP contribution in [-0.4, -0.2) is 4.57 Å². The van der Waals surface area contributed by atoms with Gasteiger partial charge < -0.3 is 4.57 Å². The van der Waals surface area contributed by atoms with Crippen molar-refractivity contribution in [3.63, 3.8) is 0 Å². The second kappa shape index (κ2) is 7.55. The Morgan fingerprint density at radius 1 is 0.438 bits per heavy atom. The number of rotatable bonds is 3. The zero-order chi connectivity index (χ0) is 21.5. The van der Waals surface area contributed by atoms with Gasteiger partial charge in [0.2, 0.25) is 0 Å². The van der Waals surface area contributed by atoms with E-state index in [9.17, 15) is 0 Å². The van der Waals surface area contributed by atoms with Crippen molar-refractivity contribution in [2.75, 3.05) is 0 Å². The second-order valence-electron chi connectivity index (χ2n) is 8.37. The molecule has 0 saturated heterocycles. The summed E-state index contributed by atoms with van der Waals surface area (Å²) in [5.41, 5.74) is 9.90. The Kier molecular flexibility index (Phi) is 4.40. The average Bonchev–Trinajstić information content (AvgIpc) is 3.18. The summed E-state index contributed by atoms with van der Waals surface area (Å²) in [5.74, 6) is 0. The quantitative estimate of drug-likeness (QED) is 0.276. The summed E-state index contributed by atoms with van der Waals surface area (Å²) in [6.07, 6.45) is 0. The Morgan fingerprint density at radius 2 is 1.09 bits per heavy atom. The maximum atomic E-state index is 2.38. The van der Waals surface area contributed by atoms with E-state index in [0.29, 0.717) is 0 Å². The van der Waals surface area contributed by atoms with Crippen molar-refractivity contribution < 1.29 is 0 Å². The molecule has 1 heterocycles. The molecule has 0 aliphatic carbocycles. The summed E-state index contributed by atoms with van der Waals surface area (Å²) in [7, 11) is 0. The van der Waals surface area contributed by atoms with Crippen LogP contribution in [0.25, 0.3) is 49.7 Å². The van der Waals surface area contributed by atoms with Crippen LogP contribution < -0.4 is 0 Å². The van der Waals surface area contributed by atoms with Gasteiger partial charge in [0.15, 0.2) is 0 Å². The molecule has 0 spiro atoms. The van der Waals surface area contributed by atoms with Crippen molar-refractivity contribution in [3.8, 4) is 27.9 Å². The van der Waals surface area contributed by atoms with Crippen LogP contribution in [0.5, 0.6) is 0 Å². The lowest BCUT2D eigenvalue weighted by Crippen LogP contribution is -1.94. The standard InChI is InChI=1S/C31H23N/c1-22-9-7-14-27(19-22)32-30-16-6-5-15-28(30)29-21-26(17-18-31(29)32)25-13-8-12-24(20-25)23-10-3-2-4-11-23/h2-21H,1H3. The fraction of sp³-hybridized carbons (Fsp3) is 0.0323. The van der Waals surface area contributed by atoms with Gasteiger partial charge in [0.05, 0.1) is 11.0 Å². The average molecular weight is 410 g/mol. The van der Waals surface area contributed by atoms with Gasteiger partial charge in [0.1, 0.15) is 0 Å². The fourth-order valence-corrected chi connectivity index (χ4v) is 4.71. The molecule has 152 valence electrons. The molecular weight excluding hydrogens is 386 g/mol. The maximum Gasteiger partial charge on any atom is 0.0541 e. The van der Waals surface area contributed by atoms with E-state index in [-0.39, 0.29) is 0 Å². The molecule has 0 radical (unpaired) electrons. The van der Waals surface area contributed by atoms with Gasteiger partial charge in [-0.25, -0.2) is 0 Å². The van der Waals surface area contributed by atoms with Crippen LogP contribution in [0.3, 0.4) is 0 Å². The molecule has 0 unspecified atom stereocenters. The van der Waals surface area contributed by atoms with Crippen LogP contribution in [0.2, 0.25) is 0 Å². The van der Waals surface area contributed by atoms with Gasteiger partial charge >= 0.3 is 0 Å². The Hall–Kier alpha value is -4.10. The van der Waals surface area contributed by atoms with Crippen molar-refractivity contribution in [3.05, 3.63) is 127 Å². The minimum absolute atomic E-state index is 1.20. The number of benzene rings is 5. The highest BCUT2D eigenvalue weighted by atomic mass is 15.0. The highest BCUT2D eigenvalue weighted by Gasteiger charge is 2.13. The van der Waals surface area contributed by atoms with Gasteiger partial charge in [-0.2, -0.15) is 0 Å². The fourth-order valence-electron chi connectivity index (χ4n) is 4.71. The number of aryl methyl sites for hydroxylation is 1. The molecule has 0 aliphatic heterocycles. The summed E-state index contributed by atoms with van der Waals surface area (Å²) in [6, 6.07) is 43.7. The van der Waals surface area contributed by atoms with Crippen LogP contribution in [-0.2, 0) is 0 Å². The first-order valence-electron chi connectivity index (χ1n) is 11.0. The van der Waals surface area contributed by atoms with E-state index < -0.39 is 0 Å². The lowest BCUT2D eigenvalue weighted by molar-refractivity contribution is 1.17. The molecule has 0 saturated carbocycles. The maximum absolute atomic E-state index is 2.38. The molecule has 0 amide bonds. The first kappa shape index (κ1) is 18.7. The summed E-state index contributed by atoms with van der Waals surface area (Å²) in [6.45, 7) is 2.15. The molecule has 6 rings (SSSR count). The number of nitrogens with zero attached hydrogens (tertiary/aromatic N) is 1. The van der Waals surface area contributed by atoms with Gasteiger partial charge in [-0.1, -0.05) is 84.9 Å². The Morgan fingerprint density at radius 3 is 1.94 bits per heavy atom. The molecule has 0 aliphatic rings. The molecular formula is C31H23N. The third kappa shape index (κ3) is 3.11. The highest BCUT2D eigenvalue weighted by molar-refractivity contribution is 6.10. The second-order valence-corrected chi connectivity index (χ2v) is 8.37. The molecule has 0 atom stereocenters. The molecule has 0 bridgehead atoms. The van der Waals surface area contributed by atoms with Crippen molar-refractivity contribution >= 4 is 21.8 Å². The molecule has 32 heavy (non-hydrogen) atoms. The number of para-hydroxylation sites is 1. The van der Waals surface area contributed by atoms with Crippen molar-refractivity contribution in [1.82, 2.24) is 4.57 Å². The van der Waals surface area contributed by atoms with Crippen molar-refractivity contribution in [1.29, 1.82) is 0 Å². The van der Waals surface area contributed by atoms with Crippen molar-refractivity contribution in [2.45, 2.75) is 6.92 Å². The molecule has 0 N–H and O–H groups in total. The number of hydrogen-bond donors (Lipinski definition) is 0. The lowest BCUT2D eigenvalue weighted by Gasteiger charge is -2.10. The van der Waals surface area contributed by atoms with E-state index in [0.717, 1.165) is 0 Å². The lowest BCUT2D eigenvalue weighted by atomic mass is 9.98. The van der Waals surface area contributed by atoms with Crippen LogP contribution >= 0.6 is 0 Å². The zero-order valence-electron chi connectivity index (χ0n) is 18.0. The van der Waals surface area contributed by atoms with E-state index in [2.05, 4.69) is 133 Å². The van der Waals surface area contributed by atoms with Gasteiger partial charge in [-0.15, -0.1) is 0 Å². The molecule has 1 heteroatoms. The van der Waals surface area contributed by atoms with E-state index >= 15 is 0 Å². The number of fused-ring (bicyclic) bond motifs is 3. The molecule has 1 aromatic heterocycles. The first-order valence-corrected chi connectivity index (χ1v) is 11.0. The predicted molar refractivity (Wildman–Crippen MR) is 136 cm³/mol. The Labute approximate surface area is 188 Å². The van der Waals surface area contributed by atoms with Crippen molar-refractivity contribution in [2.24, 2.45) is 0 Å². The Balaban J connectivity index is 1.56. The summed E-state index contributed by atoms with van der Waals surface area (Å²) >= 11 is 0. The SMILES string of the molecule is Cc1cccc(-n2c3ccccc3c3cc(-c4cccc(-c5ccccc5)c4)ccc32)c1. The van der Waals surface area contributed by atoms with Gasteiger partial charge in [-0.05, 0) is 71.1 Å². The summed E-state index contributed by atoms with van der Waals surface area (Å²) in [5, 5.41) is 2.56. The third-order valence-corrected chi connectivity index (χ3v) is 6.24. The molecule has 1 nitrogen and oxygen atoms in total. The summed E-state index contributed by atoms with van der Waals surface area (Å²) in [4.78, 5) is 0. The number of aromatic nitrogens is 1. The monoisotopic (exact) mass is 409 g/mol. The minimum atomic E-state index is 1.20. The van der Waals surface area contributed by atoms with Crippen LogP contribution in [0.15, 0.2) is 121 Å². The molecule has 6 aromatic rings. The minimum Gasteiger partial charge on any atom is -0.309 e. The molecule has 5 aromatic carbocycles. The third-order valence-electron chi connectivity index (χ3n) is 6.24. The van der Waals surface area contributed by atoms with E-state index in [1.54, 1.807) is 0 Å². The van der Waals surface area contributed by atoms with Gasteiger partial charge in [0, 0.05) is 16.5 Å². The largest absolute Gasteiger partial charge is 0.309 e. The van der Waals surface area contributed by atoms with E-state index in [4.69, 9.17) is 0 Å². The van der Waals surface area contributed by atoms with Gasteiger partial charge in [-0.3, -0.25) is 0 Å². The van der Waals surface area contributed by atoms with E-state index in [1.807, 2.05) is 0 Å². The predicted octanol–water partition coefficient (Wildman–Crippen LogP) is 8.43. The van der Waals surface area contributed by atoms with Crippen LogP contribution in [0.1, 0.15) is 5.56 Å². The Bertz CT molecular complexity index is 1570. The molecule has 0 fully saturated rings. The highest BCUT2D eigenvalue weighted by Crippen LogP contribution is 2.35. The topological polar surface area (TPSA) is 4.93 Å². The summed E-state index contributed by atoms with van der Waals surface area (Å²) < 4.78 is 2.38. The van der Waals surface area contributed by atoms with Crippen LogP contribution in [0, 0.1) is 6.92 Å². The normalized spacial score (nSPS) is 11.3. The smallest absolute Gasteiger partial charge is 0.0541 e.